The van der Waals surface area contributed by atoms with Crippen LogP contribution >= 0.6 is 0 Å². The second kappa shape index (κ2) is 5.02. The molecule has 0 spiro atoms. The maximum absolute atomic E-state index is 4.02. The quantitative estimate of drug-likeness (QED) is 0.635. The maximum Gasteiger partial charge on any atom is 0.211 e. The Morgan fingerprint density at radius 1 is 1.05 bits per heavy atom. The summed E-state index contributed by atoms with van der Waals surface area (Å²) in [6.45, 7) is 2.13. The molecular weight excluding hydrogens is 232 g/mol. The fourth-order valence-electron chi connectivity index (χ4n) is 2.11. The van der Waals surface area contributed by atoms with Crippen molar-refractivity contribution in [3.8, 4) is 0 Å². The first kappa shape index (κ1) is 11.6. The van der Waals surface area contributed by atoms with Crippen molar-refractivity contribution in [2.45, 2.75) is 6.92 Å². The number of pyridine rings is 3. The van der Waals surface area contributed by atoms with E-state index in [9.17, 15) is 0 Å². The molecule has 0 fully saturated rings. The first-order valence-corrected chi connectivity index (χ1v) is 6.32. The summed E-state index contributed by atoms with van der Waals surface area (Å²) in [6, 6.07) is 12.4. The highest BCUT2D eigenvalue weighted by Crippen LogP contribution is 2.12. The molecule has 0 bridgehead atoms. The van der Waals surface area contributed by atoms with Crippen molar-refractivity contribution in [3.05, 3.63) is 77.9 Å². The molecule has 3 rings (SSSR count). The summed E-state index contributed by atoms with van der Waals surface area (Å²) in [7, 11) is 0. The Kier molecular flexibility index (Phi) is 3.07. The largest absolute Gasteiger partial charge is 0.265 e. The van der Waals surface area contributed by atoms with Gasteiger partial charge in [0, 0.05) is 36.2 Å². The van der Waals surface area contributed by atoms with Gasteiger partial charge in [0.2, 0.25) is 5.52 Å². The van der Waals surface area contributed by atoms with Gasteiger partial charge < -0.3 is 0 Å². The first-order chi connectivity index (χ1) is 9.33. The smallest absolute Gasteiger partial charge is 0.211 e. The topological polar surface area (TPSA) is 17.0 Å². The molecule has 3 heterocycles. The van der Waals surface area contributed by atoms with Gasteiger partial charge in [0.25, 0.3) is 0 Å². The normalized spacial score (nSPS) is 11.2. The van der Waals surface area contributed by atoms with E-state index in [-0.39, 0.29) is 0 Å². The summed E-state index contributed by atoms with van der Waals surface area (Å²) < 4.78 is 2.14. The van der Waals surface area contributed by atoms with Crippen LogP contribution in [0.25, 0.3) is 17.7 Å². The summed E-state index contributed by atoms with van der Waals surface area (Å²) >= 11 is 0. The molecule has 0 aliphatic heterocycles. The van der Waals surface area contributed by atoms with Gasteiger partial charge in [-0.2, -0.15) is 4.40 Å². The lowest BCUT2D eigenvalue weighted by Crippen LogP contribution is -2.21. The van der Waals surface area contributed by atoms with E-state index in [0.717, 1.165) is 5.56 Å². The molecule has 0 aromatic carbocycles. The predicted molar refractivity (Wildman–Crippen MR) is 77.5 cm³/mol. The molecule has 0 radical (unpaired) electrons. The van der Waals surface area contributed by atoms with E-state index in [2.05, 4.69) is 59.1 Å². The average molecular weight is 247 g/mol. The zero-order valence-electron chi connectivity index (χ0n) is 10.8. The van der Waals surface area contributed by atoms with Crippen molar-refractivity contribution < 1.29 is 4.40 Å². The Labute approximate surface area is 112 Å². The van der Waals surface area contributed by atoms with Gasteiger partial charge in [0.1, 0.15) is 0 Å². The predicted octanol–water partition coefficient (Wildman–Crippen LogP) is 3.30. The zero-order valence-corrected chi connectivity index (χ0v) is 10.8. The van der Waals surface area contributed by atoms with Gasteiger partial charge in [0.15, 0.2) is 12.4 Å². The van der Waals surface area contributed by atoms with Crippen LogP contribution in [0, 0.1) is 6.92 Å². The third-order valence-corrected chi connectivity index (χ3v) is 3.18. The van der Waals surface area contributed by atoms with Crippen LogP contribution in [0.5, 0.6) is 0 Å². The molecule has 19 heavy (non-hydrogen) atoms. The Morgan fingerprint density at radius 2 is 1.89 bits per heavy atom. The number of nitrogens with zero attached hydrogens (tertiary/aromatic N) is 2. The molecule has 2 nitrogen and oxygen atoms in total. The third-order valence-electron chi connectivity index (χ3n) is 3.18. The lowest BCUT2D eigenvalue weighted by atomic mass is 10.1. The maximum atomic E-state index is 4.02. The lowest BCUT2D eigenvalue weighted by Gasteiger charge is -1.99. The van der Waals surface area contributed by atoms with Crippen molar-refractivity contribution >= 4 is 17.7 Å². The third kappa shape index (κ3) is 2.52. The minimum absolute atomic E-state index is 1.16. The fraction of sp³-hybridized carbons (Fsp3) is 0.0588. The molecule has 0 atom stereocenters. The van der Waals surface area contributed by atoms with Gasteiger partial charge >= 0.3 is 0 Å². The molecule has 2 heteroatoms. The minimum atomic E-state index is 1.16. The second-order valence-corrected chi connectivity index (χ2v) is 4.56. The van der Waals surface area contributed by atoms with Gasteiger partial charge in [0.05, 0.1) is 0 Å². The van der Waals surface area contributed by atoms with E-state index in [4.69, 9.17) is 0 Å². The molecule has 3 aromatic heterocycles. The molecule has 3 aromatic rings. The lowest BCUT2D eigenvalue weighted by molar-refractivity contribution is -0.512. The summed E-state index contributed by atoms with van der Waals surface area (Å²) in [5.41, 5.74) is 4.86. The molecule has 0 aliphatic carbocycles. The van der Waals surface area contributed by atoms with E-state index >= 15 is 0 Å². The van der Waals surface area contributed by atoms with Gasteiger partial charge in [-0.3, -0.25) is 4.98 Å². The minimum Gasteiger partial charge on any atom is -0.265 e. The number of fused-ring (bicyclic) bond motifs is 1. The van der Waals surface area contributed by atoms with E-state index in [1.807, 2.05) is 30.6 Å². The number of aromatic nitrogens is 2. The summed E-state index contributed by atoms with van der Waals surface area (Å²) in [6.07, 6.45) is 12.1. The molecule has 0 aliphatic rings. The molecule has 92 valence electrons. The van der Waals surface area contributed by atoms with E-state index in [1.54, 1.807) is 0 Å². The standard InChI is InChI=1S/C17H15N2/c1-14-13-19-11-3-2-4-17(19)12-16(14)6-5-15-7-9-18-10-8-15/h2-13H,1H3/q+1/b6-5+. The first-order valence-electron chi connectivity index (χ1n) is 6.32. The van der Waals surface area contributed by atoms with Gasteiger partial charge in [-0.1, -0.05) is 12.2 Å². The van der Waals surface area contributed by atoms with Gasteiger partial charge in [-0.25, -0.2) is 0 Å². The van der Waals surface area contributed by atoms with Gasteiger partial charge in [-0.05, 0) is 36.2 Å². The van der Waals surface area contributed by atoms with Crippen LogP contribution in [-0.4, -0.2) is 4.98 Å². The van der Waals surface area contributed by atoms with E-state index in [0.29, 0.717) is 0 Å². The van der Waals surface area contributed by atoms with Crippen molar-refractivity contribution in [2.24, 2.45) is 0 Å². The number of aryl methyl sites for hydroxylation is 1. The Bertz CT molecular complexity index is 731. The summed E-state index contributed by atoms with van der Waals surface area (Å²) in [5, 5.41) is 0. The van der Waals surface area contributed by atoms with Crippen LogP contribution in [-0.2, 0) is 0 Å². The van der Waals surface area contributed by atoms with Crippen LogP contribution in [0.1, 0.15) is 16.7 Å². The summed E-state index contributed by atoms with van der Waals surface area (Å²) in [5.74, 6) is 0. The highest BCUT2D eigenvalue weighted by Gasteiger charge is 2.04. The van der Waals surface area contributed by atoms with Crippen molar-refractivity contribution in [3.63, 3.8) is 0 Å². The Morgan fingerprint density at radius 3 is 2.74 bits per heavy atom. The fourth-order valence-corrected chi connectivity index (χ4v) is 2.11. The van der Waals surface area contributed by atoms with E-state index < -0.39 is 0 Å². The molecule has 0 saturated carbocycles. The number of hydrogen-bond donors (Lipinski definition) is 0. The molecule has 0 N–H and O–H groups in total. The van der Waals surface area contributed by atoms with Gasteiger partial charge in [-0.15, -0.1) is 0 Å². The van der Waals surface area contributed by atoms with E-state index in [1.165, 1.54) is 16.6 Å². The highest BCUT2D eigenvalue weighted by molar-refractivity contribution is 5.72. The van der Waals surface area contributed by atoms with Crippen LogP contribution in [0.3, 0.4) is 0 Å². The summed E-state index contributed by atoms with van der Waals surface area (Å²) in [4.78, 5) is 4.02. The van der Waals surface area contributed by atoms with Crippen LogP contribution in [0.4, 0.5) is 0 Å². The zero-order chi connectivity index (χ0) is 13.1. The second-order valence-electron chi connectivity index (χ2n) is 4.56. The van der Waals surface area contributed by atoms with Crippen molar-refractivity contribution in [1.29, 1.82) is 0 Å². The monoisotopic (exact) mass is 247 g/mol. The Hall–Kier alpha value is -2.48. The molecule has 0 unspecified atom stereocenters. The average Bonchev–Trinajstić information content (AvgIpc) is 2.46. The highest BCUT2D eigenvalue weighted by atomic mass is 14.8. The molecule has 0 saturated heterocycles. The number of hydrogen-bond acceptors (Lipinski definition) is 1. The molecular formula is C17H15N2+. The Balaban J connectivity index is 2.01. The van der Waals surface area contributed by atoms with Crippen molar-refractivity contribution in [1.82, 2.24) is 4.98 Å². The molecule has 0 amide bonds. The van der Waals surface area contributed by atoms with Crippen LogP contribution in [0.2, 0.25) is 0 Å². The van der Waals surface area contributed by atoms with Crippen LogP contribution < -0.4 is 4.40 Å². The SMILES string of the molecule is Cc1c[n+]2ccccc2cc1/C=C/c1ccncc1. The van der Waals surface area contributed by atoms with Crippen LogP contribution in [0.15, 0.2) is 61.2 Å². The van der Waals surface area contributed by atoms with Crippen molar-refractivity contribution in [2.75, 3.05) is 0 Å². The number of rotatable bonds is 2.